The summed E-state index contributed by atoms with van der Waals surface area (Å²) in [4.78, 5) is 34.0. The number of anilines is 2. The first-order chi connectivity index (χ1) is 20.9. The number of hydrogen-bond donors (Lipinski definition) is 5. The van der Waals surface area contributed by atoms with Gasteiger partial charge in [-0.25, -0.2) is 9.97 Å². The largest absolute Gasteiger partial charge is 0.435 e. The van der Waals surface area contributed by atoms with Crippen molar-refractivity contribution in [2.45, 2.75) is 50.9 Å². The number of carbonyl (C=O) groups excluding carboxylic acids is 2. The number of alkyl halides is 3. The number of imidazole rings is 1. The van der Waals surface area contributed by atoms with Crippen molar-refractivity contribution in [1.82, 2.24) is 40.1 Å². The van der Waals surface area contributed by atoms with Crippen molar-refractivity contribution in [2.24, 2.45) is 7.05 Å². The van der Waals surface area contributed by atoms with Crippen LogP contribution in [0.2, 0.25) is 0 Å². The predicted molar refractivity (Wildman–Crippen MR) is 156 cm³/mol. The summed E-state index contributed by atoms with van der Waals surface area (Å²) in [7, 11) is 1.42. The fourth-order valence-corrected chi connectivity index (χ4v) is 5.29. The fraction of sp³-hybridized carbons (Fsp3) is 0.414. The summed E-state index contributed by atoms with van der Waals surface area (Å²) < 4.78 is 43.4. The number of fused-ring (bicyclic) bond motifs is 1. The second-order valence-corrected chi connectivity index (χ2v) is 10.8. The number of halogens is 3. The van der Waals surface area contributed by atoms with Crippen molar-refractivity contribution in [1.29, 1.82) is 0 Å². The van der Waals surface area contributed by atoms with Gasteiger partial charge in [-0.1, -0.05) is 13.8 Å². The molecular weight excluding hydrogens is 579 g/mol. The lowest BCUT2D eigenvalue weighted by atomic mass is 9.97. The molecule has 0 bridgehead atoms. The number of nitrogens with one attached hydrogen (secondary N) is 4. The van der Waals surface area contributed by atoms with Gasteiger partial charge in [-0.2, -0.15) is 18.3 Å². The molecule has 4 aromatic rings. The molecule has 44 heavy (non-hydrogen) atoms. The molecule has 1 aromatic carbocycles. The van der Waals surface area contributed by atoms with Crippen molar-refractivity contribution >= 4 is 29.0 Å². The lowest BCUT2D eigenvalue weighted by Gasteiger charge is -2.18. The highest BCUT2D eigenvalue weighted by Gasteiger charge is 2.39. The maximum Gasteiger partial charge on any atom is 0.435 e. The van der Waals surface area contributed by atoms with Crippen LogP contribution in [0.5, 0.6) is 0 Å². The summed E-state index contributed by atoms with van der Waals surface area (Å²) in [6.07, 6.45) is 2.44. The highest BCUT2D eigenvalue weighted by Crippen LogP contribution is 2.36. The first kappa shape index (κ1) is 30.9. The minimum absolute atomic E-state index is 0.105. The molecule has 0 saturated carbocycles. The van der Waals surface area contributed by atoms with E-state index in [2.05, 4.69) is 36.3 Å². The zero-order valence-electron chi connectivity index (χ0n) is 24.5. The average molecular weight is 614 g/mol. The van der Waals surface area contributed by atoms with Gasteiger partial charge in [0.05, 0.1) is 29.1 Å². The summed E-state index contributed by atoms with van der Waals surface area (Å²) >= 11 is 0. The van der Waals surface area contributed by atoms with E-state index in [0.29, 0.717) is 48.5 Å². The molecule has 2 amide bonds. The third-order valence-corrected chi connectivity index (χ3v) is 7.74. The van der Waals surface area contributed by atoms with Gasteiger partial charge in [0.1, 0.15) is 0 Å². The molecule has 0 spiro atoms. The molecule has 0 unspecified atom stereocenters. The topological polar surface area (TPSA) is 150 Å². The Kier molecular flexibility index (Phi) is 8.61. The number of carbonyl (C=O) groups is 2. The van der Waals surface area contributed by atoms with Crippen LogP contribution in [0, 0.1) is 0 Å². The maximum absolute atomic E-state index is 13.6. The second-order valence-electron chi connectivity index (χ2n) is 10.8. The first-order valence-electron chi connectivity index (χ1n) is 14.3. The zero-order valence-corrected chi connectivity index (χ0v) is 24.5. The van der Waals surface area contributed by atoms with E-state index in [9.17, 15) is 27.9 Å². The minimum Gasteiger partial charge on any atom is -0.388 e. The summed E-state index contributed by atoms with van der Waals surface area (Å²) in [5, 5.41) is 25.7. The molecule has 1 fully saturated rings. The molecule has 5 rings (SSSR count). The monoisotopic (exact) mass is 613 g/mol. The highest BCUT2D eigenvalue weighted by molar-refractivity contribution is 5.96. The summed E-state index contributed by atoms with van der Waals surface area (Å²) in [5.74, 6) is -0.194. The van der Waals surface area contributed by atoms with Crippen LogP contribution in [0.25, 0.3) is 16.9 Å². The minimum atomic E-state index is -4.64. The van der Waals surface area contributed by atoms with E-state index in [1.807, 2.05) is 13.8 Å². The number of aromatic nitrogens is 5. The normalized spacial score (nSPS) is 18.5. The SMILES string of the molecule is CCc1cc(Nc2nccn3c(-c4cn(C)nc4C(F)(F)F)cnc23)ccc1C(=O)NCCNC(=O)[C@@H]1C[C@@](O)(CC)CN1. The van der Waals surface area contributed by atoms with Gasteiger partial charge in [0.2, 0.25) is 5.91 Å². The molecule has 1 aliphatic heterocycles. The van der Waals surface area contributed by atoms with E-state index >= 15 is 0 Å². The van der Waals surface area contributed by atoms with Crippen molar-refractivity contribution in [2.75, 3.05) is 25.0 Å². The van der Waals surface area contributed by atoms with E-state index in [1.165, 1.54) is 36.2 Å². The van der Waals surface area contributed by atoms with Crippen molar-refractivity contribution < 1.29 is 27.9 Å². The van der Waals surface area contributed by atoms with Crippen molar-refractivity contribution in [3.05, 3.63) is 59.8 Å². The maximum atomic E-state index is 13.6. The standard InChI is InChI=1S/C29H34F3N9O3/c1-4-17-12-18(6-7-19(17)26(42)34-8-9-35-27(43)21-13-28(44,5-2)16-37-21)38-24-25-36-14-22(41(25)11-10-33-24)20-15-40(3)39-23(20)29(30,31)32/h6-7,10-12,14-15,21,37,44H,4-5,8-9,13,16H2,1-3H3,(H,33,38)(H,34,42)(H,35,43)/t21-,28-/m0/s1. The molecule has 0 radical (unpaired) electrons. The Balaban J connectivity index is 1.24. The Hall–Kier alpha value is -4.50. The molecule has 5 N–H and O–H groups in total. The summed E-state index contributed by atoms with van der Waals surface area (Å²) in [6.45, 7) is 4.61. The molecule has 234 valence electrons. The number of β-amino-alcohol motifs (C(OH)–C–C–N with tert-alkyl or cyclic N) is 1. The zero-order chi connectivity index (χ0) is 31.6. The lowest BCUT2D eigenvalue weighted by molar-refractivity contribution is -0.141. The number of rotatable bonds is 10. The molecule has 15 heteroatoms. The number of amides is 2. The Labute approximate surface area is 251 Å². The lowest BCUT2D eigenvalue weighted by Crippen LogP contribution is -2.43. The van der Waals surface area contributed by atoms with Crippen LogP contribution >= 0.6 is 0 Å². The van der Waals surface area contributed by atoms with Crippen LogP contribution < -0.4 is 21.3 Å². The Morgan fingerprint density at radius 3 is 2.66 bits per heavy atom. The number of aryl methyl sites for hydroxylation is 2. The Morgan fingerprint density at radius 1 is 1.18 bits per heavy atom. The van der Waals surface area contributed by atoms with E-state index in [-0.39, 0.29) is 36.2 Å². The molecule has 1 aliphatic rings. The second kappa shape index (κ2) is 12.2. The van der Waals surface area contributed by atoms with Gasteiger partial charge in [0, 0.05) is 62.9 Å². The van der Waals surface area contributed by atoms with Crippen LogP contribution in [-0.2, 0) is 24.4 Å². The molecule has 3 aromatic heterocycles. The number of aliphatic hydroxyl groups is 1. The van der Waals surface area contributed by atoms with Crippen molar-refractivity contribution in [3.8, 4) is 11.3 Å². The first-order valence-corrected chi connectivity index (χ1v) is 14.3. The highest BCUT2D eigenvalue weighted by atomic mass is 19.4. The van der Waals surface area contributed by atoms with E-state index in [4.69, 9.17) is 0 Å². The van der Waals surface area contributed by atoms with Crippen LogP contribution in [-0.4, -0.2) is 72.3 Å². The van der Waals surface area contributed by atoms with Crippen LogP contribution in [0.3, 0.4) is 0 Å². The number of hydrogen-bond acceptors (Lipinski definition) is 8. The molecule has 1 saturated heterocycles. The predicted octanol–water partition coefficient (Wildman–Crippen LogP) is 2.80. The van der Waals surface area contributed by atoms with Gasteiger partial charge >= 0.3 is 6.18 Å². The van der Waals surface area contributed by atoms with Crippen molar-refractivity contribution in [3.63, 3.8) is 0 Å². The molecule has 4 heterocycles. The number of benzene rings is 1. The van der Waals surface area contributed by atoms with Gasteiger partial charge in [-0.15, -0.1) is 0 Å². The van der Waals surface area contributed by atoms with Crippen LogP contribution in [0.4, 0.5) is 24.7 Å². The number of nitrogens with zero attached hydrogens (tertiary/aromatic N) is 5. The Bertz CT molecular complexity index is 1680. The van der Waals surface area contributed by atoms with Gasteiger partial charge in [-0.05, 0) is 36.6 Å². The summed E-state index contributed by atoms with van der Waals surface area (Å²) in [5.41, 5.74) is 0.382. The average Bonchev–Trinajstić information content (AvgIpc) is 3.72. The van der Waals surface area contributed by atoms with Gasteiger partial charge in [-0.3, -0.25) is 18.7 Å². The molecule has 0 aliphatic carbocycles. The molecular formula is C29H34F3N9O3. The van der Waals surface area contributed by atoms with E-state index in [0.717, 1.165) is 10.2 Å². The molecule has 12 nitrogen and oxygen atoms in total. The third-order valence-electron chi connectivity index (χ3n) is 7.74. The fourth-order valence-electron chi connectivity index (χ4n) is 5.29. The van der Waals surface area contributed by atoms with Crippen LogP contribution in [0.15, 0.2) is 43.0 Å². The van der Waals surface area contributed by atoms with E-state index < -0.39 is 23.5 Å². The van der Waals surface area contributed by atoms with Gasteiger partial charge in [0.15, 0.2) is 17.2 Å². The smallest absolute Gasteiger partial charge is 0.388 e. The van der Waals surface area contributed by atoms with Crippen LogP contribution in [0.1, 0.15) is 48.3 Å². The van der Waals surface area contributed by atoms with E-state index in [1.54, 1.807) is 18.2 Å². The van der Waals surface area contributed by atoms with Gasteiger partial charge < -0.3 is 26.4 Å². The molecule has 2 atom stereocenters. The quantitative estimate of drug-likeness (QED) is 0.172. The third kappa shape index (κ3) is 6.38. The Morgan fingerprint density at radius 2 is 1.95 bits per heavy atom. The van der Waals surface area contributed by atoms with Gasteiger partial charge in [0.25, 0.3) is 5.91 Å². The summed E-state index contributed by atoms with van der Waals surface area (Å²) in [6, 6.07) is 4.71.